The van der Waals surface area contributed by atoms with E-state index < -0.39 is 21.7 Å². The molecule has 0 saturated heterocycles. The summed E-state index contributed by atoms with van der Waals surface area (Å²) in [7, 11) is -4.37. The van der Waals surface area contributed by atoms with E-state index in [1.54, 1.807) is 0 Å². The van der Waals surface area contributed by atoms with Gasteiger partial charge in [-0.2, -0.15) is 0 Å². The van der Waals surface area contributed by atoms with E-state index in [1.165, 1.54) is 0 Å². The van der Waals surface area contributed by atoms with E-state index in [4.69, 9.17) is 0 Å². The molecule has 0 unspecified atom stereocenters. The monoisotopic (exact) mass is 205 g/mol. The third-order valence-corrected chi connectivity index (χ3v) is 3.02. The third-order valence-electron chi connectivity index (χ3n) is 2.38. The second-order valence-electron chi connectivity index (χ2n) is 3.50. The van der Waals surface area contributed by atoms with Gasteiger partial charge < -0.3 is 4.55 Å². The molecular formula is C8H13O4S-. The van der Waals surface area contributed by atoms with Crippen molar-refractivity contribution in [3.05, 3.63) is 0 Å². The Hall–Kier alpha value is -0.420. The average Bonchev–Trinajstić information content (AvgIpc) is 2.03. The zero-order valence-electron chi connectivity index (χ0n) is 7.36. The normalized spacial score (nSPS) is 20.1. The highest BCUT2D eigenvalue weighted by molar-refractivity contribution is 7.86. The lowest BCUT2D eigenvalue weighted by molar-refractivity contribution is -0.121. The van der Waals surface area contributed by atoms with Gasteiger partial charge in [-0.3, -0.25) is 4.79 Å². The van der Waals surface area contributed by atoms with Crippen LogP contribution in [0.25, 0.3) is 0 Å². The quantitative estimate of drug-likeness (QED) is 0.635. The fraction of sp³-hybridized carbons (Fsp3) is 0.875. The molecule has 0 aromatic carbocycles. The molecule has 0 aromatic rings. The minimum atomic E-state index is -4.37. The molecule has 0 amide bonds. The van der Waals surface area contributed by atoms with Crippen LogP contribution < -0.4 is 0 Å². The van der Waals surface area contributed by atoms with Crippen LogP contribution in [0.4, 0.5) is 0 Å². The molecule has 1 fully saturated rings. The van der Waals surface area contributed by atoms with E-state index in [0.29, 0.717) is 0 Å². The Morgan fingerprint density at radius 2 is 1.77 bits per heavy atom. The van der Waals surface area contributed by atoms with E-state index in [1.807, 2.05) is 0 Å². The SMILES string of the molecule is O=C(CS(=O)(=O)[O-])C1CCCCC1. The Bertz CT molecular complexity index is 275. The summed E-state index contributed by atoms with van der Waals surface area (Å²) >= 11 is 0. The van der Waals surface area contributed by atoms with Gasteiger partial charge >= 0.3 is 0 Å². The van der Waals surface area contributed by atoms with Gasteiger partial charge in [0.05, 0.1) is 5.75 Å². The van der Waals surface area contributed by atoms with Crippen molar-refractivity contribution in [1.29, 1.82) is 0 Å². The number of rotatable bonds is 3. The highest BCUT2D eigenvalue weighted by Crippen LogP contribution is 2.24. The van der Waals surface area contributed by atoms with Crippen LogP contribution in [-0.2, 0) is 14.9 Å². The van der Waals surface area contributed by atoms with E-state index in [9.17, 15) is 17.8 Å². The minimum Gasteiger partial charge on any atom is -0.748 e. The van der Waals surface area contributed by atoms with E-state index in [2.05, 4.69) is 0 Å². The molecule has 0 atom stereocenters. The Morgan fingerprint density at radius 1 is 1.23 bits per heavy atom. The van der Waals surface area contributed by atoms with Crippen LogP contribution in [-0.4, -0.2) is 24.5 Å². The lowest BCUT2D eigenvalue weighted by Gasteiger charge is -2.20. The standard InChI is InChI=1S/C8H14O4S/c9-8(6-13(10,11)12)7-4-2-1-3-5-7/h7H,1-6H2,(H,10,11,12)/p-1. The van der Waals surface area contributed by atoms with Crippen molar-refractivity contribution >= 4 is 15.9 Å². The highest BCUT2D eigenvalue weighted by Gasteiger charge is 2.22. The fourth-order valence-electron chi connectivity index (χ4n) is 1.72. The lowest BCUT2D eigenvalue weighted by atomic mass is 9.87. The van der Waals surface area contributed by atoms with Gasteiger partial charge in [0.2, 0.25) is 0 Å². The first kappa shape index (κ1) is 10.7. The molecule has 0 heterocycles. The van der Waals surface area contributed by atoms with Gasteiger partial charge in [-0.1, -0.05) is 19.3 Å². The first-order chi connectivity index (χ1) is 5.99. The molecule has 5 heteroatoms. The Kier molecular flexibility index (Phi) is 3.44. The van der Waals surface area contributed by atoms with Crippen molar-refractivity contribution in [3.63, 3.8) is 0 Å². The maximum atomic E-state index is 11.2. The average molecular weight is 205 g/mol. The van der Waals surface area contributed by atoms with Crippen LogP contribution in [0, 0.1) is 5.92 Å². The zero-order chi connectivity index (χ0) is 9.90. The van der Waals surface area contributed by atoms with Gasteiger partial charge in [0.15, 0.2) is 0 Å². The van der Waals surface area contributed by atoms with Crippen LogP contribution in [0.15, 0.2) is 0 Å². The largest absolute Gasteiger partial charge is 0.748 e. The molecule has 0 aliphatic heterocycles. The second-order valence-corrected chi connectivity index (χ2v) is 4.91. The van der Waals surface area contributed by atoms with Crippen molar-refractivity contribution in [2.45, 2.75) is 32.1 Å². The van der Waals surface area contributed by atoms with E-state index >= 15 is 0 Å². The molecule has 0 aromatic heterocycles. The second kappa shape index (κ2) is 4.19. The molecular weight excluding hydrogens is 192 g/mol. The van der Waals surface area contributed by atoms with Gasteiger partial charge in [-0.25, -0.2) is 8.42 Å². The van der Waals surface area contributed by atoms with Gasteiger partial charge in [-0.15, -0.1) is 0 Å². The van der Waals surface area contributed by atoms with E-state index in [-0.39, 0.29) is 5.92 Å². The maximum absolute atomic E-state index is 11.2. The zero-order valence-corrected chi connectivity index (χ0v) is 8.18. The van der Waals surface area contributed by atoms with Crippen molar-refractivity contribution in [2.75, 3.05) is 5.75 Å². The van der Waals surface area contributed by atoms with Crippen LogP contribution >= 0.6 is 0 Å². The number of ketones is 1. The molecule has 1 rings (SSSR count). The van der Waals surface area contributed by atoms with E-state index in [0.717, 1.165) is 32.1 Å². The molecule has 1 aliphatic rings. The molecule has 0 spiro atoms. The van der Waals surface area contributed by atoms with Gasteiger partial charge in [0.1, 0.15) is 15.9 Å². The maximum Gasteiger partial charge on any atom is 0.149 e. The number of hydrogen-bond donors (Lipinski definition) is 0. The van der Waals surface area contributed by atoms with Crippen LogP contribution in [0.2, 0.25) is 0 Å². The van der Waals surface area contributed by atoms with Crippen molar-refractivity contribution < 1.29 is 17.8 Å². The number of carbonyl (C=O) groups is 1. The van der Waals surface area contributed by atoms with Crippen LogP contribution in [0.1, 0.15) is 32.1 Å². The Labute approximate surface area is 78.1 Å². The Balaban J connectivity index is 2.47. The Morgan fingerprint density at radius 3 is 2.23 bits per heavy atom. The molecule has 13 heavy (non-hydrogen) atoms. The molecule has 0 bridgehead atoms. The summed E-state index contributed by atoms with van der Waals surface area (Å²) in [6, 6.07) is 0. The smallest absolute Gasteiger partial charge is 0.149 e. The van der Waals surface area contributed by atoms with Crippen LogP contribution in [0.5, 0.6) is 0 Å². The molecule has 0 N–H and O–H groups in total. The molecule has 76 valence electrons. The predicted octanol–water partition coefficient (Wildman–Crippen LogP) is 0.681. The first-order valence-corrected chi connectivity index (χ1v) is 6.03. The summed E-state index contributed by atoms with van der Waals surface area (Å²) in [4.78, 5) is 11.2. The van der Waals surface area contributed by atoms with Crippen LogP contribution in [0.3, 0.4) is 0 Å². The summed E-state index contributed by atoms with van der Waals surface area (Å²) in [5.74, 6) is -1.40. The summed E-state index contributed by atoms with van der Waals surface area (Å²) in [6.45, 7) is 0. The van der Waals surface area contributed by atoms with Crippen molar-refractivity contribution in [3.8, 4) is 0 Å². The number of hydrogen-bond acceptors (Lipinski definition) is 4. The summed E-state index contributed by atoms with van der Waals surface area (Å²) < 4.78 is 30.9. The first-order valence-electron chi connectivity index (χ1n) is 4.45. The summed E-state index contributed by atoms with van der Waals surface area (Å²) in [6.07, 6.45) is 4.53. The summed E-state index contributed by atoms with van der Waals surface area (Å²) in [5.41, 5.74) is 0. The number of carbonyl (C=O) groups excluding carboxylic acids is 1. The predicted molar refractivity (Wildman–Crippen MR) is 46.1 cm³/mol. The topological polar surface area (TPSA) is 74.3 Å². The van der Waals surface area contributed by atoms with Gasteiger partial charge in [0, 0.05) is 5.92 Å². The van der Waals surface area contributed by atoms with Crippen molar-refractivity contribution in [2.24, 2.45) is 5.92 Å². The van der Waals surface area contributed by atoms with Gasteiger partial charge in [-0.05, 0) is 12.8 Å². The molecule has 1 aliphatic carbocycles. The van der Waals surface area contributed by atoms with Crippen molar-refractivity contribution in [1.82, 2.24) is 0 Å². The molecule has 4 nitrogen and oxygen atoms in total. The summed E-state index contributed by atoms with van der Waals surface area (Å²) in [5, 5.41) is 0. The lowest BCUT2D eigenvalue weighted by Crippen LogP contribution is -2.25. The highest BCUT2D eigenvalue weighted by atomic mass is 32.2. The minimum absolute atomic E-state index is 0.183. The third kappa shape index (κ3) is 3.87. The molecule has 0 radical (unpaired) electrons. The van der Waals surface area contributed by atoms with Gasteiger partial charge in [0.25, 0.3) is 0 Å². The molecule has 1 saturated carbocycles. The fourth-order valence-corrected chi connectivity index (χ4v) is 2.30. The number of Topliss-reactive ketones (excluding diaryl/α,β-unsaturated/α-hetero) is 1.